The zero-order valence-electron chi connectivity index (χ0n) is 13.7. The van der Waals surface area contributed by atoms with E-state index in [2.05, 4.69) is 16.5 Å². The quantitative estimate of drug-likeness (QED) is 0.674. The molecule has 0 radical (unpaired) electrons. The molecule has 0 atom stereocenters. The van der Waals surface area contributed by atoms with Crippen LogP contribution in [0.15, 0.2) is 53.5 Å². The maximum atomic E-state index is 12.5. The van der Waals surface area contributed by atoms with Gasteiger partial charge in [-0.3, -0.25) is 9.59 Å². The van der Waals surface area contributed by atoms with Crippen LogP contribution in [0.25, 0.3) is 10.2 Å². The van der Waals surface area contributed by atoms with Gasteiger partial charge in [0.15, 0.2) is 10.6 Å². The molecular weight excluding hydrogens is 320 g/mol. The summed E-state index contributed by atoms with van der Waals surface area (Å²) in [5.41, 5.74) is 2.18. The lowest BCUT2D eigenvalue weighted by Crippen LogP contribution is -2.16. The summed E-state index contributed by atoms with van der Waals surface area (Å²) in [6.07, 6.45) is 0.968. The van der Waals surface area contributed by atoms with Gasteiger partial charge >= 0.3 is 0 Å². The van der Waals surface area contributed by atoms with Gasteiger partial charge in [-0.15, -0.1) is 0 Å². The largest absolute Gasteiger partial charge is 0.316 e. The predicted octanol–water partition coefficient (Wildman–Crippen LogP) is 4.06. The van der Waals surface area contributed by atoms with Gasteiger partial charge in [-0.1, -0.05) is 42.5 Å². The second-order valence-corrected chi connectivity index (χ2v) is 6.56. The summed E-state index contributed by atoms with van der Waals surface area (Å²) >= 11 is 1.52. The molecule has 0 fully saturated rings. The van der Waals surface area contributed by atoms with Gasteiger partial charge in [-0.05, 0) is 37.6 Å². The topological polar surface area (TPSA) is 51.4 Å². The SMILES string of the molecule is CCCn1c(=NC(=O)c2ccc(C(C)=O)cc2)sc2ccccc21. The van der Waals surface area contributed by atoms with Crippen molar-refractivity contribution in [3.8, 4) is 0 Å². The molecule has 1 heterocycles. The molecule has 1 aromatic heterocycles. The summed E-state index contributed by atoms with van der Waals surface area (Å²) in [6, 6.07) is 14.7. The lowest BCUT2D eigenvalue weighted by Gasteiger charge is -2.02. The van der Waals surface area contributed by atoms with E-state index in [0.29, 0.717) is 15.9 Å². The minimum absolute atomic E-state index is 0.0174. The first-order valence-corrected chi connectivity index (χ1v) is 8.70. The summed E-state index contributed by atoms with van der Waals surface area (Å²) in [5.74, 6) is -0.308. The van der Waals surface area contributed by atoms with Crippen LogP contribution in [0, 0.1) is 0 Å². The molecule has 0 bridgehead atoms. The van der Waals surface area contributed by atoms with Crippen LogP contribution in [0.3, 0.4) is 0 Å². The number of aryl methyl sites for hydroxylation is 1. The molecule has 0 aliphatic heterocycles. The van der Waals surface area contributed by atoms with Gasteiger partial charge in [0, 0.05) is 17.7 Å². The molecule has 3 aromatic rings. The summed E-state index contributed by atoms with van der Waals surface area (Å²) < 4.78 is 3.20. The van der Waals surface area contributed by atoms with Crippen LogP contribution >= 0.6 is 11.3 Å². The Kier molecular flexibility index (Phi) is 4.71. The number of hydrogen-bond donors (Lipinski definition) is 0. The molecule has 0 unspecified atom stereocenters. The molecule has 4 nitrogen and oxygen atoms in total. The van der Waals surface area contributed by atoms with Gasteiger partial charge in [0.1, 0.15) is 0 Å². The van der Waals surface area contributed by atoms with Crippen molar-refractivity contribution in [1.82, 2.24) is 4.57 Å². The van der Waals surface area contributed by atoms with E-state index in [-0.39, 0.29) is 11.7 Å². The lowest BCUT2D eigenvalue weighted by atomic mass is 10.1. The summed E-state index contributed by atoms with van der Waals surface area (Å²) in [6.45, 7) is 4.43. The van der Waals surface area contributed by atoms with Crippen LogP contribution in [0.5, 0.6) is 0 Å². The van der Waals surface area contributed by atoms with E-state index in [1.54, 1.807) is 24.3 Å². The lowest BCUT2D eigenvalue weighted by molar-refractivity contribution is 0.0991. The third-order valence-electron chi connectivity index (χ3n) is 3.77. The van der Waals surface area contributed by atoms with Crippen LogP contribution in [0.1, 0.15) is 41.0 Å². The van der Waals surface area contributed by atoms with Gasteiger partial charge in [0.05, 0.1) is 10.2 Å². The van der Waals surface area contributed by atoms with E-state index in [0.717, 1.165) is 23.2 Å². The first-order chi connectivity index (χ1) is 11.6. The molecule has 3 rings (SSSR count). The van der Waals surface area contributed by atoms with E-state index >= 15 is 0 Å². The number of carbonyl (C=O) groups excluding carboxylic acids is 2. The van der Waals surface area contributed by atoms with Gasteiger partial charge < -0.3 is 4.57 Å². The molecule has 122 valence electrons. The number of amides is 1. The van der Waals surface area contributed by atoms with Crippen molar-refractivity contribution in [2.24, 2.45) is 4.99 Å². The Balaban J connectivity index is 2.04. The second-order valence-electron chi connectivity index (χ2n) is 5.55. The van der Waals surface area contributed by atoms with Crippen LogP contribution < -0.4 is 4.80 Å². The molecular formula is C19H18N2O2S. The Morgan fingerprint density at radius 3 is 2.38 bits per heavy atom. The highest BCUT2D eigenvalue weighted by Crippen LogP contribution is 2.17. The number of thiazole rings is 1. The van der Waals surface area contributed by atoms with E-state index in [9.17, 15) is 9.59 Å². The van der Waals surface area contributed by atoms with Crippen LogP contribution in [-0.4, -0.2) is 16.3 Å². The molecule has 0 spiro atoms. The fraction of sp³-hybridized carbons (Fsp3) is 0.211. The standard InChI is InChI=1S/C19H18N2O2S/c1-3-12-21-16-6-4-5-7-17(16)24-19(21)20-18(23)15-10-8-14(9-11-15)13(2)22/h4-11H,3,12H2,1-2H3. The third-order valence-corrected chi connectivity index (χ3v) is 4.83. The maximum Gasteiger partial charge on any atom is 0.279 e. The summed E-state index contributed by atoms with van der Waals surface area (Å²) in [4.78, 5) is 28.8. The first kappa shape index (κ1) is 16.3. The summed E-state index contributed by atoms with van der Waals surface area (Å²) in [7, 11) is 0. The van der Waals surface area contributed by atoms with Gasteiger partial charge in [0.2, 0.25) is 0 Å². The van der Waals surface area contributed by atoms with Crippen molar-refractivity contribution in [3.63, 3.8) is 0 Å². The molecule has 2 aromatic carbocycles. The van der Waals surface area contributed by atoms with E-state index < -0.39 is 0 Å². The van der Waals surface area contributed by atoms with Crippen molar-refractivity contribution in [2.75, 3.05) is 0 Å². The Hall–Kier alpha value is -2.53. The normalized spacial score (nSPS) is 11.8. The van der Waals surface area contributed by atoms with Crippen LogP contribution in [-0.2, 0) is 6.54 Å². The number of carbonyl (C=O) groups is 2. The van der Waals surface area contributed by atoms with Crippen molar-refractivity contribution < 1.29 is 9.59 Å². The number of ketones is 1. The first-order valence-electron chi connectivity index (χ1n) is 7.88. The zero-order chi connectivity index (χ0) is 17.1. The van der Waals surface area contributed by atoms with E-state index in [4.69, 9.17) is 0 Å². The van der Waals surface area contributed by atoms with E-state index in [1.807, 2.05) is 24.3 Å². The average molecular weight is 338 g/mol. The molecule has 5 heteroatoms. The Morgan fingerprint density at radius 2 is 1.71 bits per heavy atom. The van der Waals surface area contributed by atoms with Crippen LogP contribution in [0.2, 0.25) is 0 Å². The van der Waals surface area contributed by atoms with Gasteiger partial charge in [-0.2, -0.15) is 4.99 Å². The molecule has 0 saturated heterocycles. The molecule has 24 heavy (non-hydrogen) atoms. The predicted molar refractivity (Wildman–Crippen MR) is 96.4 cm³/mol. The number of rotatable bonds is 4. The van der Waals surface area contributed by atoms with Crippen molar-refractivity contribution in [1.29, 1.82) is 0 Å². The second kappa shape index (κ2) is 6.93. The smallest absolute Gasteiger partial charge is 0.279 e. The molecule has 1 amide bonds. The maximum absolute atomic E-state index is 12.5. The minimum atomic E-state index is -0.290. The van der Waals surface area contributed by atoms with E-state index in [1.165, 1.54) is 18.3 Å². The number of Topliss-reactive ketones (excluding diaryl/α,β-unsaturated/α-hetero) is 1. The number of aromatic nitrogens is 1. The molecule has 0 N–H and O–H groups in total. The number of fused-ring (bicyclic) bond motifs is 1. The monoisotopic (exact) mass is 338 g/mol. The van der Waals surface area contributed by atoms with Crippen molar-refractivity contribution in [2.45, 2.75) is 26.8 Å². The van der Waals surface area contributed by atoms with Crippen LogP contribution in [0.4, 0.5) is 0 Å². The average Bonchev–Trinajstić information content (AvgIpc) is 2.93. The third kappa shape index (κ3) is 3.21. The zero-order valence-corrected chi connectivity index (χ0v) is 14.5. The molecule has 0 aliphatic carbocycles. The van der Waals surface area contributed by atoms with Gasteiger partial charge in [-0.25, -0.2) is 0 Å². The minimum Gasteiger partial charge on any atom is -0.316 e. The number of benzene rings is 2. The highest BCUT2D eigenvalue weighted by molar-refractivity contribution is 7.16. The molecule has 0 aliphatic rings. The van der Waals surface area contributed by atoms with Crippen molar-refractivity contribution in [3.05, 3.63) is 64.5 Å². The molecule has 0 saturated carbocycles. The van der Waals surface area contributed by atoms with Gasteiger partial charge in [0.25, 0.3) is 5.91 Å². The number of hydrogen-bond acceptors (Lipinski definition) is 3. The fourth-order valence-corrected chi connectivity index (χ4v) is 3.60. The number of para-hydroxylation sites is 1. The number of nitrogens with zero attached hydrogens (tertiary/aromatic N) is 2. The summed E-state index contributed by atoms with van der Waals surface area (Å²) in [5, 5.41) is 0. The Morgan fingerprint density at radius 1 is 1.04 bits per heavy atom. The fourth-order valence-electron chi connectivity index (χ4n) is 2.54. The Bertz CT molecular complexity index is 965. The highest BCUT2D eigenvalue weighted by atomic mass is 32.1. The Labute approximate surface area is 144 Å². The highest BCUT2D eigenvalue weighted by Gasteiger charge is 2.09. The van der Waals surface area contributed by atoms with Crippen molar-refractivity contribution >= 4 is 33.2 Å².